The molecule has 10 nitrogen and oxygen atoms in total. The first-order chi connectivity index (χ1) is 15.0. The van der Waals surface area contributed by atoms with Crippen molar-refractivity contribution in [1.29, 1.82) is 0 Å². The van der Waals surface area contributed by atoms with Gasteiger partial charge in [0.2, 0.25) is 5.91 Å². The number of amides is 1. The van der Waals surface area contributed by atoms with Crippen molar-refractivity contribution < 1.29 is 14.3 Å². The zero-order valence-corrected chi connectivity index (χ0v) is 19.1. The summed E-state index contributed by atoms with van der Waals surface area (Å²) in [4.78, 5) is 28.1. The highest BCUT2D eigenvalue weighted by atomic mass is 35.5. The van der Waals surface area contributed by atoms with Crippen molar-refractivity contribution in [1.82, 2.24) is 29.6 Å². The van der Waals surface area contributed by atoms with Crippen LogP contribution in [0.1, 0.15) is 11.4 Å². The number of anilines is 1. The van der Waals surface area contributed by atoms with Gasteiger partial charge in [0.15, 0.2) is 0 Å². The third kappa shape index (κ3) is 5.58. The molecule has 3 aromatic heterocycles. The first-order valence-corrected chi connectivity index (χ1v) is 10.0. The standard InChI is InChI=1S/C21H25N7O3.ClH/c1-14-8-15(2)28(26-14)21-23-18(16-9-17(30-3)12-22-11-16)10-19(25-21)24-20(29)13-27-4-6-31-7-5-27;/h8-12H,4-7,13H2,1-3H3,(H,23,24,25,29);1H. The largest absolute Gasteiger partial charge is 0.495 e. The van der Waals surface area contributed by atoms with Crippen LogP contribution in [0, 0.1) is 13.8 Å². The van der Waals surface area contributed by atoms with Gasteiger partial charge in [0.05, 0.1) is 44.5 Å². The Labute approximate surface area is 192 Å². The fourth-order valence-corrected chi connectivity index (χ4v) is 3.39. The quantitative estimate of drug-likeness (QED) is 0.596. The normalized spacial score (nSPS) is 14.0. The summed E-state index contributed by atoms with van der Waals surface area (Å²) >= 11 is 0. The van der Waals surface area contributed by atoms with Crippen molar-refractivity contribution in [2.45, 2.75) is 13.8 Å². The SMILES string of the molecule is COc1cncc(-c2cc(NC(=O)CN3CCOCC3)nc(-n3nc(C)cc3C)n2)c1.Cl. The van der Waals surface area contributed by atoms with Gasteiger partial charge < -0.3 is 14.8 Å². The maximum Gasteiger partial charge on any atom is 0.253 e. The summed E-state index contributed by atoms with van der Waals surface area (Å²) in [5, 5.41) is 7.38. The van der Waals surface area contributed by atoms with Crippen molar-refractivity contribution >= 4 is 24.1 Å². The second kappa shape index (κ2) is 10.5. The topological polar surface area (TPSA) is 107 Å². The van der Waals surface area contributed by atoms with Crippen molar-refractivity contribution in [3.63, 3.8) is 0 Å². The van der Waals surface area contributed by atoms with E-state index in [-0.39, 0.29) is 24.9 Å². The molecule has 1 fully saturated rings. The highest BCUT2D eigenvalue weighted by molar-refractivity contribution is 5.92. The monoisotopic (exact) mass is 459 g/mol. The van der Waals surface area contributed by atoms with Gasteiger partial charge in [0.1, 0.15) is 11.6 Å². The minimum absolute atomic E-state index is 0. The number of rotatable bonds is 6. The number of methoxy groups -OCH3 is 1. The average Bonchev–Trinajstić information content (AvgIpc) is 3.12. The van der Waals surface area contributed by atoms with Gasteiger partial charge in [-0.15, -0.1) is 12.4 Å². The van der Waals surface area contributed by atoms with E-state index < -0.39 is 0 Å². The highest BCUT2D eigenvalue weighted by Gasteiger charge is 2.17. The Bertz CT molecular complexity index is 1080. The molecule has 0 atom stereocenters. The summed E-state index contributed by atoms with van der Waals surface area (Å²) in [6.45, 7) is 6.85. The molecule has 0 saturated carbocycles. The van der Waals surface area contributed by atoms with Crippen LogP contribution in [0.3, 0.4) is 0 Å². The lowest BCUT2D eigenvalue weighted by atomic mass is 10.2. The molecule has 1 saturated heterocycles. The smallest absolute Gasteiger partial charge is 0.253 e. The Morgan fingerprint density at radius 2 is 1.94 bits per heavy atom. The summed E-state index contributed by atoms with van der Waals surface area (Å²) in [5.41, 5.74) is 3.09. The highest BCUT2D eigenvalue weighted by Crippen LogP contribution is 2.24. The molecule has 1 aliphatic heterocycles. The number of aryl methyl sites for hydroxylation is 2. The van der Waals surface area contributed by atoms with Gasteiger partial charge in [-0.2, -0.15) is 10.1 Å². The first kappa shape index (κ1) is 23.6. The Balaban J connectivity index is 0.00000289. The molecule has 0 unspecified atom stereocenters. The van der Waals surface area contributed by atoms with Crippen LogP contribution in [-0.2, 0) is 9.53 Å². The van der Waals surface area contributed by atoms with Crippen LogP contribution in [-0.4, -0.2) is 75.5 Å². The van der Waals surface area contributed by atoms with Crippen LogP contribution in [0.5, 0.6) is 5.75 Å². The zero-order chi connectivity index (χ0) is 21.8. The molecular weight excluding hydrogens is 434 g/mol. The molecule has 4 rings (SSSR count). The minimum atomic E-state index is -0.144. The van der Waals surface area contributed by atoms with Gasteiger partial charge in [-0.3, -0.25) is 14.7 Å². The number of halogens is 1. The van der Waals surface area contributed by atoms with E-state index in [9.17, 15) is 4.79 Å². The average molecular weight is 460 g/mol. The van der Waals surface area contributed by atoms with Crippen LogP contribution in [0.4, 0.5) is 5.82 Å². The van der Waals surface area contributed by atoms with Crippen LogP contribution in [0.15, 0.2) is 30.6 Å². The molecule has 4 heterocycles. The Hall–Kier alpha value is -3.08. The molecule has 170 valence electrons. The third-order valence-electron chi connectivity index (χ3n) is 4.90. The fraction of sp³-hybridized carbons (Fsp3) is 0.381. The number of pyridine rings is 1. The molecule has 3 aromatic rings. The van der Waals surface area contributed by atoms with Crippen molar-refractivity contribution in [3.8, 4) is 23.0 Å². The van der Waals surface area contributed by atoms with E-state index >= 15 is 0 Å². The summed E-state index contributed by atoms with van der Waals surface area (Å²) < 4.78 is 12.3. The van der Waals surface area contributed by atoms with Crippen molar-refractivity contribution in [2.24, 2.45) is 0 Å². The molecule has 1 N–H and O–H groups in total. The second-order valence-corrected chi connectivity index (χ2v) is 7.33. The Kier molecular flexibility index (Phi) is 7.73. The lowest BCUT2D eigenvalue weighted by Gasteiger charge is -2.25. The number of carbonyl (C=O) groups excluding carboxylic acids is 1. The summed E-state index contributed by atoms with van der Waals surface area (Å²) in [5.74, 6) is 1.23. The summed E-state index contributed by atoms with van der Waals surface area (Å²) in [6.07, 6.45) is 3.31. The number of ether oxygens (including phenoxy) is 2. The van der Waals surface area contributed by atoms with Crippen LogP contribution in [0.2, 0.25) is 0 Å². The van der Waals surface area contributed by atoms with Gasteiger partial charge in [-0.05, 0) is 26.0 Å². The number of nitrogens with zero attached hydrogens (tertiary/aromatic N) is 6. The third-order valence-corrected chi connectivity index (χ3v) is 4.90. The maximum absolute atomic E-state index is 12.6. The van der Waals surface area contributed by atoms with Gasteiger partial charge in [-0.25, -0.2) is 9.67 Å². The number of aromatic nitrogens is 5. The van der Waals surface area contributed by atoms with E-state index in [4.69, 9.17) is 9.47 Å². The van der Waals surface area contributed by atoms with E-state index in [1.165, 1.54) is 0 Å². The van der Waals surface area contributed by atoms with E-state index in [0.717, 1.165) is 30.0 Å². The molecule has 0 radical (unpaired) electrons. The molecule has 0 aliphatic carbocycles. The van der Waals surface area contributed by atoms with E-state index in [1.54, 1.807) is 30.3 Å². The van der Waals surface area contributed by atoms with Crippen molar-refractivity contribution in [2.75, 3.05) is 45.3 Å². The molecular formula is C21H26ClN7O3. The molecule has 1 aliphatic rings. The van der Waals surface area contributed by atoms with Gasteiger partial charge >= 0.3 is 0 Å². The maximum atomic E-state index is 12.6. The molecule has 0 aromatic carbocycles. The zero-order valence-electron chi connectivity index (χ0n) is 18.2. The van der Waals surface area contributed by atoms with Gasteiger partial charge in [-0.1, -0.05) is 0 Å². The van der Waals surface area contributed by atoms with E-state index in [0.29, 0.717) is 36.4 Å². The number of nitrogens with one attached hydrogen (secondary N) is 1. The van der Waals surface area contributed by atoms with Crippen LogP contribution in [0.25, 0.3) is 17.2 Å². The Morgan fingerprint density at radius 3 is 2.62 bits per heavy atom. The summed E-state index contributed by atoms with van der Waals surface area (Å²) in [7, 11) is 1.58. The molecule has 32 heavy (non-hydrogen) atoms. The molecule has 11 heteroatoms. The van der Waals surface area contributed by atoms with E-state index in [1.807, 2.05) is 26.0 Å². The molecule has 0 bridgehead atoms. The summed E-state index contributed by atoms with van der Waals surface area (Å²) in [6, 6.07) is 5.50. The minimum Gasteiger partial charge on any atom is -0.495 e. The first-order valence-electron chi connectivity index (χ1n) is 10.0. The lowest BCUT2D eigenvalue weighted by Crippen LogP contribution is -2.41. The van der Waals surface area contributed by atoms with Crippen molar-refractivity contribution in [3.05, 3.63) is 42.0 Å². The number of hydrogen-bond donors (Lipinski definition) is 1. The molecule has 0 spiro atoms. The number of carbonyl (C=O) groups is 1. The number of hydrogen-bond acceptors (Lipinski definition) is 8. The molecule has 1 amide bonds. The second-order valence-electron chi connectivity index (χ2n) is 7.33. The predicted octanol–water partition coefficient (Wildman–Crippen LogP) is 2.04. The van der Waals surface area contributed by atoms with Gasteiger partial charge in [0.25, 0.3) is 5.95 Å². The lowest BCUT2D eigenvalue weighted by molar-refractivity contribution is -0.118. The van der Waals surface area contributed by atoms with Gasteiger partial charge in [0, 0.05) is 36.6 Å². The van der Waals surface area contributed by atoms with E-state index in [2.05, 4.69) is 30.3 Å². The van der Waals surface area contributed by atoms with Crippen LogP contribution >= 0.6 is 12.4 Å². The fourth-order valence-electron chi connectivity index (χ4n) is 3.39. The Morgan fingerprint density at radius 1 is 1.16 bits per heavy atom. The predicted molar refractivity (Wildman–Crippen MR) is 122 cm³/mol. The number of morpholine rings is 1. The van der Waals surface area contributed by atoms with Crippen LogP contribution < -0.4 is 10.1 Å².